The van der Waals surface area contributed by atoms with Gasteiger partial charge in [-0.25, -0.2) is 4.79 Å². The smallest absolute Gasteiger partial charge is 0.475 e. The summed E-state index contributed by atoms with van der Waals surface area (Å²) in [5.74, 6) is -2.70. The second-order valence-corrected chi connectivity index (χ2v) is 9.09. The van der Waals surface area contributed by atoms with Crippen LogP contribution in [0.4, 0.5) is 13.2 Å². The average Bonchev–Trinajstić information content (AvgIpc) is 3.64. The first-order chi connectivity index (χ1) is 17.1. The Bertz CT molecular complexity index is 1100. The monoisotopic (exact) mass is 505 g/mol. The third kappa shape index (κ3) is 5.51. The zero-order valence-electron chi connectivity index (χ0n) is 19.4. The van der Waals surface area contributed by atoms with Gasteiger partial charge in [-0.1, -0.05) is 36.4 Å². The lowest BCUT2D eigenvalue weighted by atomic mass is 9.83. The minimum Gasteiger partial charge on any atom is -0.475 e. The van der Waals surface area contributed by atoms with Crippen LogP contribution in [0.25, 0.3) is 0 Å². The molecule has 3 heterocycles. The van der Waals surface area contributed by atoms with E-state index in [1.165, 1.54) is 0 Å². The fraction of sp³-hybridized carbons (Fsp3) is 0.440. The van der Waals surface area contributed by atoms with Crippen molar-refractivity contribution in [3.05, 3.63) is 66.0 Å². The summed E-state index contributed by atoms with van der Waals surface area (Å²) in [4.78, 5) is 43.4. The summed E-state index contributed by atoms with van der Waals surface area (Å²) in [6.07, 6.45) is 0.345. The quantitative estimate of drug-likeness (QED) is 0.686. The van der Waals surface area contributed by atoms with Crippen LogP contribution in [0, 0.1) is 5.92 Å². The number of rotatable bonds is 4. The lowest BCUT2D eigenvalue weighted by Crippen LogP contribution is -2.60. The predicted octanol–water partition coefficient (Wildman–Crippen LogP) is 2.85. The zero-order valence-corrected chi connectivity index (χ0v) is 19.4. The van der Waals surface area contributed by atoms with Crippen LogP contribution in [0.1, 0.15) is 29.9 Å². The summed E-state index contributed by atoms with van der Waals surface area (Å²) in [5, 5.41) is 7.12. The van der Waals surface area contributed by atoms with Crippen molar-refractivity contribution in [2.24, 2.45) is 5.92 Å². The number of alkyl halides is 3. The molecule has 0 bridgehead atoms. The number of nitrogens with zero attached hydrogens (tertiary/aromatic N) is 3. The van der Waals surface area contributed by atoms with Crippen molar-refractivity contribution in [1.29, 1.82) is 0 Å². The second-order valence-electron chi connectivity index (χ2n) is 9.09. The number of pyridine rings is 1. The molecule has 1 aliphatic carbocycles. The molecular weight excluding hydrogens is 479 g/mol. The van der Waals surface area contributed by atoms with Crippen LogP contribution in [0.2, 0.25) is 0 Å². The number of morpholine rings is 1. The van der Waals surface area contributed by atoms with E-state index in [2.05, 4.69) is 4.98 Å². The van der Waals surface area contributed by atoms with Crippen molar-refractivity contribution < 1.29 is 37.4 Å². The third-order valence-corrected chi connectivity index (χ3v) is 6.55. The third-order valence-electron chi connectivity index (χ3n) is 6.55. The molecule has 2 amide bonds. The molecule has 192 valence electrons. The Morgan fingerprint density at radius 1 is 1.14 bits per heavy atom. The molecule has 0 radical (unpaired) electrons. The number of likely N-dealkylation sites (tertiary alicyclic amines) is 1. The SMILES string of the molecule is O=C(C1CC1)N1CC(c2cccnc2)C2(C1)OCCN(Cc1ccccc1)C2=O.O=C(O)C(F)(F)F. The number of halogens is 3. The molecule has 2 saturated heterocycles. The van der Waals surface area contributed by atoms with E-state index in [9.17, 15) is 22.8 Å². The highest BCUT2D eigenvalue weighted by Gasteiger charge is 2.58. The normalized spacial score (nSPS) is 23.9. The van der Waals surface area contributed by atoms with E-state index in [1.54, 1.807) is 12.4 Å². The van der Waals surface area contributed by atoms with E-state index in [-0.39, 0.29) is 23.7 Å². The molecular formula is C25H26F3N3O5. The Morgan fingerprint density at radius 2 is 1.83 bits per heavy atom. The molecule has 5 rings (SSSR count). The number of carbonyl (C=O) groups excluding carboxylic acids is 2. The molecule has 1 aromatic carbocycles. The lowest BCUT2D eigenvalue weighted by Gasteiger charge is -2.42. The summed E-state index contributed by atoms with van der Waals surface area (Å²) < 4.78 is 38.0. The highest BCUT2D eigenvalue weighted by molar-refractivity contribution is 5.90. The molecule has 2 aliphatic heterocycles. The summed E-state index contributed by atoms with van der Waals surface area (Å²) >= 11 is 0. The van der Waals surface area contributed by atoms with Crippen molar-refractivity contribution in [2.75, 3.05) is 26.2 Å². The van der Waals surface area contributed by atoms with Gasteiger partial charge in [-0.15, -0.1) is 0 Å². The van der Waals surface area contributed by atoms with Crippen LogP contribution >= 0.6 is 0 Å². The van der Waals surface area contributed by atoms with Crippen LogP contribution in [-0.2, 0) is 25.7 Å². The first-order valence-corrected chi connectivity index (χ1v) is 11.6. The number of aliphatic carboxylic acids is 1. The van der Waals surface area contributed by atoms with Crippen molar-refractivity contribution in [1.82, 2.24) is 14.8 Å². The summed E-state index contributed by atoms with van der Waals surface area (Å²) in [6.45, 7) is 2.42. The largest absolute Gasteiger partial charge is 0.490 e. The topological polar surface area (TPSA) is 100 Å². The molecule has 1 spiro atoms. The van der Waals surface area contributed by atoms with E-state index < -0.39 is 17.7 Å². The van der Waals surface area contributed by atoms with Gasteiger partial charge in [0.1, 0.15) is 0 Å². The Hall–Kier alpha value is -3.47. The van der Waals surface area contributed by atoms with Gasteiger partial charge in [0, 0.05) is 43.9 Å². The molecule has 2 atom stereocenters. The lowest BCUT2D eigenvalue weighted by molar-refractivity contribution is -0.192. The Morgan fingerprint density at radius 3 is 2.42 bits per heavy atom. The fourth-order valence-electron chi connectivity index (χ4n) is 4.63. The number of carbonyl (C=O) groups is 3. The van der Waals surface area contributed by atoms with E-state index in [1.807, 2.05) is 52.3 Å². The highest BCUT2D eigenvalue weighted by atomic mass is 19.4. The average molecular weight is 505 g/mol. The van der Waals surface area contributed by atoms with Crippen LogP contribution in [-0.4, -0.2) is 75.7 Å². The van der Waals surface area contributed by atoms with Gasteiger partial charge in [0.2, 0.25) is 5.91 Å². The van der Waals surface area contributed by atoms with Gasteiger partial charge in [-0.3, -0.25) is 14.6 Å². The standard InChI is InChI=1S/C23H25N3O3.C2HF3O2/c27-21(18-8-9-18)26-15-20(19-7-4-10-24-13-19)23(16-26)22(28)25(11-12-29-23)14-17-5-2-1-3-6-17;3-2(4,5)1(6)7/h1-7,10,13,18,20H,8-9,11-12,14-16H2;(H,6,7). The van der Waals surface area contributed by atoms with E-state index in [0.717, 1.165) is 24.0 Å². The maximum atomic E-state index is 13.7. The zero-order chi connectivity index (χ0) is 25.9. The molecule has 2 aromatic rings. The Balaban J connectivity index is 0.000000384. The minimum absolute atomic E-state index is 0.0208. The van der Waals surface area contributed by atoms with Crippen molar-refractivity contribution in [3.63, 3.8) is 0 Å². The fourth-order valence-corrected chi connectivity index (χ4v) is 4.63. The molecule has 2 unspecified atom stereocenters. The first kappa shape index (κ1) is 25.6. The summed E-state index contributed by atoms with van der Waals surface area (Å²) in [6, 6.07) is 13.9. The van der Waals surface area contributed by atoms with E-state index >= 15 is 0 Å². The first-order valence-electron chi connectivity index (χ1n) is 11.6. The molecule has 1 aromatic heterocycles. The van der Waals surface area contributed by atoms with E-state index in [0.29, 0.717) is 32.8 Å². The maximum absolute atomic E-state index is 13.7. The number of aromatic nitrogens is 1. The molecule has 1 saturated carbocycles. The maximum Gasteiger partial charge on any atom is 0.490 e. The van der Waals surface area contributed by atoms with Gasteiger partial charge in [-0.05, 0) is 30.0 Å². The molecule has 3 fully saturated rings. The molecule has 3 aliphatic rings. The Kier molecular flexibility index (Phi) is 7.30. The van der Waals surface area contributed by atoms with Crippen molar-refractivity contribution in [3.8, 4) is 0 Å². The molecule has 36 heavy (non-hydrogen) atoms. The van der Waals surface area contributed by atoms with Crippen LogP contribution in [0.3, 0.4) is 0 Å². The van der Waals surface area contributed by atoms with E-state index in [4.69, 9.17) is 14.6 Å². The number of hydrogen-bond donors (Lipinski definition) is 1. The van der Waals surface area contributed by atoms with Crippen LogP contribution in [0.5, 0.6) is 0 Å². The summed E-state index contributed by atoms with van der Waals surface area (Å²) in [7, 11) is 0. The summed E-state index contributed by atoms with van der Waals surface area (Å²) in [5.41, 5.74) is 1.02. The number of benzene rings is 1. The number of ether oxygens (including phenoxy) is 1. The van der Waals surface area contributed by atoms with Gasteiger partial charge in [0.25, 0.3) is 5.91 Å². The number of amides is 2. The van der Waals surface area contributed by atoms with Gasteiger partial charge in [0.05, 0.1) is 13.2 Å². The highest BCUT2D eigenvalue weighted by Crippen LogP contribution is 2.44. The van der Waals surface area contributed by atoms with Crippen LogP contribution < -0.4 is 0 Å². The number of hydrogen-bond acceptors (Lipinski definition) is 5. The number of carboxylic acid groups (broad SMARTS) is 1. The van der Waals surface area contributed by atoms with Crippen molar-refractivity contribution >= 4 is 17.8 Å². The molecule has 11 heteroatoms. The minimum atomic E-state index is -5.08. The van der Waals surface area contributed by atoms with Gasteiger partial charge < -0.3 is 19.6 Å². The number of carboxylic acids is 1. The van der Waals surface area contributed by atoms with Gasteiger partial charge >= 0.3 is 12.1 Å². The van der Waals surface area contributed by atoms with Gasteiger partial charge in [0.15, 0.2) is 5.60 Å². The van der Waals surface area contributed by atoms with Gasteiger partial charge in [-0.2, -0.15) is 13.2 Å². The molecule has 8 nitrogen and oxygen atoms in total. The molecule has 1 N–H and O–H groups in total. The van der Waals surface area contributed by atoms with Crippen LogP contribution in [0.15, 0.2) is 54.9 Å². The Labute approximate surface area is 205 Å². The van der Waals surface area contributed by atoms with Crippen molar-refractivity contribution in [2.45, 2.75) is 37.1 Å². The second kappa shape index (κ2) is 10.3. The predicted molar refractivity (Wildman–Crippen MR) is 121 cm³/mol.